The van der Waals surface area contributed by atoms with Gasteiger partial charge in [0.25, 0.3) is 0 Å². The van der Waals surface area contributed by atoms with E-state index in [4.69, 9.17) is 14.2 Å². The number of amides is 1. The molecule has 3 fully saturated rings. The number of hydrogen-bond donors (Lipinski definition) is 3. The van der Waals surface area contributed by atoms with Gasteiger partial charge in [-0.05, 0) is 19.8 Å². The molecule has 23 heavy (non-hydrogen) atoms. The topological polar surface area (TPSA) is 100 Å². The highest BCUT2D eigenvalue weighted by molar-refractivity contribution is 5.88. The van der Waals surface area contributed by atoms with E-state index in [-0.39, 0.29) is 12.5 Å². The highest BCUT2D eigenvalue weighted by Crippen LogP contribution is 2.53. The van der Waals surface area contributed by atoms with Gasteiger partial charge in [-0.2, -0.15) is 0 Å². The Labute approximate surface area is 134 Å². The van der Waals surface area contributed by atoms with Crippen LogP contribution in [0.25, 0.3) is 0 Å². The van der Waals surface area contributed by atoms with Crippen molar-refractivity contribution in [3.05, 3.63) is 12.3 Å². The summed E-state index contributed by atoms with van der Waals surface area (Å²) in [6.07, 6.45) is 3.68. The molecule has 0 radical (unpaired) electrons. The fourth-order valence-electron chi connectivity index (χ4n) is 4.17. The van der Waals surface area contributed by atoms with E-state index in [1.165, 1.54) is 17.2 Å². The van der Waals surface area contributed by atoms with Crippen LogP contribution in [-0.4, -0.2) is 63.8 Å². The molecule has 1 saturated carbocycles. The minimum atomic E-state index is -1.21. The summed E-state index contributed by atoms with van der Waals surface area (Å²) in [4.78, 5) is 12.8. The summed E-state index contributed by atoms with van der Waals surface area (Å²) >= 11 is 0. The van der Waals surface area contributed by atoms with Gasteiger partial charge in [-0.15, -0.1) is 0 Å². The summed E-state index contributed by atoms with van der Waals surface area (Å²) in [5.41, 5.74) is -0.842. The molecule has 0 bridgehead atoms. The predicted molar refractivity (Wildman–Crippen MR) is 76.4 cm³/mol. The summed E-state index contributed by atoms with van der Waals surface area (Å²) in [5, 5.41) is 22.2. The molecule has 1 spiro atoms. The van der Waals surface area contributed by atoms with Crippen molar-refractivity contribution in [1.82, 2.24) is 10.2 Å². The first-order chi connectivity index (χ1) is 11.0. The van der Waals surface area contributed by atoms with Crippen molar-refractivity contribution >= 4 is 5.91 Å². The van der Waals surface area contributed by atoms with Crippen LogP contribution < -0.4 is 5.32 Å². The van der Waals surface area contributed by atoms with Crippen molar-refractivity contribution in [3.63, 3.8) is 0 Å². The predicted octanol–water partition coefficient (Wildman–Crippen LogP) is -0.631. The SMILES string of the molecule is C[C@@]12OC3(CCCC3)O[C@@H]1[C@@H](CO)O[C@H]2N1C=CC(=O)NC1O. The highest BCUT2D eigenvalue weighted by Gasteiger charge is 2.67. The number of aliphatic hydroxyl groups excluding tert-OH is 2. The second-order valence-corrected chi connectivity index (χ2v) is 6.80. The number of ether oxygens (including phenoxy) is 3. The number of aliphatic hydroxyl groups is 2. The molecule has 4 rings (SSSR count). The Kier molecular flexibility index (Phi) is 3.44. The normalized spacial score (nSPS) is 44.8. The molecule has 8 heteroatoms. The Bertz CT molecular complexity index is 534. The number of nitrogens with one attached hydrogen (secondary N) is 1. The lowest BCUT2D eigenvalue weighted by Crippen LogP contribution is -2.59. The zero-order valence-electron chi connectivity index (χ0n) is 13.0. The Hall–Kier alpha value is -1.19. The van der Waals surface area contributed by atoms with E-state index in [0.717, 1.165) is 25.7 Å². The van der Waals surface area contributed by atoms with Gasteiger partial charge in [-0.25, -0.2) is 0 Å². The van der Waals surface area contributed by atoms with Crippen LogP contribution in [0, 0.1) is 0 Å². The summed E-state index contributed by atoms with van der Waals surface area (Å²) < 4.78 is 18.4. The standard InChI is InChI=1S/C15H22N2O6/c1-14-11(22-15(23-14)5-2-3-6-15)9(8-18)21-12(14)17-7-4-10(19)16-13(17)20/h4,7,9,11-13,18,20H,2-3,5-6,8H2,1H3,(H,16,19)/t9-,11-,12-,13?,14-/m1/s1. The van der Waals surface area contributed by atoms with Crippen LogP contribution in [0.3, 0.4) is 0 Å². The molecule has 3 heterocycles. The van der Waals surface area contributed by atoms with Gasteiger partial charge in [-0.1, -0.05) is 0 Å². The van der Waals surface area contributed by atoms with Crippen LogP contribution in [-0.2, 0) is 19.0 Å². The number of carbonyl (C=O) groups excluding carboxylic acids is 1. The van der Waals surface area contributed by atoms with Gasteiger partial charge < -0.3 is 34.6 Å². The van der Waals surface area contributed by atoms with Gasteiger partial charge in [0.2, 0.25) is 12.3 Å². The van der Waals surface area contributed by atoms with E-state index in [2.05, 4.69) is 5.32 Å². The molecular weight excluding hydrogens is 304 g/mol. The zero-order chi connectivity index (χ0) is 16.2. The van der Waals surface area contributed by atoms with Crippen LogP contribution in [0.15, 0.2) is 12.3 Å². The van der Waals surface area contributed by atoms with Gasteiger partial charge in [0.15, 0.2) is 12.0 Å². The molecule has 1 unspecified atom stereocenters. The van der Waals surface area contributed by atoms with Gasteiger partial charge in [0.05, 0.1) is 6.61 Å². The van der Waals surface area contributed by atoms with Crippen LogP contribution in [0.4, 0.5) is 0 Å². The molecule has 1 aliphatic carbocycles. The number of fused-ring (bicyclic) bond motifs is 1. The van der Waals surface area contributed by atoms with Crippen LogP contribution >= 0.6 is 0 Å². The minimum Gasteiger partial charge on any atom is -0.394 e. The lowest BCUT2D eigenvalue weighted by Gasteiger charge is -2.40. The average molecular weight is 326 g/mol. The Morgan fingerprint density at radius 3 is 2.83 bits per heavy atom. The maximum absolute atomic E-state index is 11.3. The Morgan fingerprint density at radius 1 is 1.43 bits per heavy atom. The van der Waals surface area contributed by atoms with E-state index < -0.39 is 36.2 Å². The first-order valence-corrected chi connectivity index (χ1v) is 8.06. The molecule has 2 saturated heterocycles. The van der Waals surface area contributed by atoms with Crippen LogP contribution in [0.2, 0.25) is 0 Å². The second kappa shape index (κ2) is 5.15. The van der Waals surface area contributed by atoms with Crippen molar-refractivity contribution in [2.24, 2.45) is 0 Å². The summed E-state index contributed by atoms with van der Waals surface area (Å²) in [5.74, 6) is -0.995. The fourth-order valence-corrected chi connectivity index (χ4v) is 4.17. The molecule has 4 aliphatic rings. The van der Waals surface area contributed by atoms with E-state index in [1.54, 1.807) is 0 Å². The summed E-state index contributed by atoms with van der Waals surface area (Å²) in [6.45, 7) is 1.68. The van der Waals surface area contributed by atoms with Crippen LogP contribution in [0.1, 0.15) is 32.6 Å². The quantitative estimate of drug-likeness (QED) is 0.621. The maximum Gasteiger partial charge on any atom is 0.248 e. The molecule has 3 aliphatic heterocycles. The third kappa shape index (κ3) is 2.20. The maximum atomic E-state index is 11.3. The Morgan fingerprint density at radius 2 is 2.17 bits per heavy atom. The van der Waals surface area contributed by atoms with Crippen molar-refractivity contribution in [3.8, 4) is 0 Å². The van der Waals surface area contributed by atoms with Crippen LogP contribution in [0.5, 0.6) is 0 Å². The van der Waals surface area contributed by atoms with E-state index >= 15 is 0 Å². The van der Waals surface area contributed by atoms with Crippen molar-refractivity contribution in [1.29, 1.82) is 0 Å². The van der Waals surface area contributed by atoms with Gasteiger partial charge in [0.1, 0.15) is 17.8 Å². The van der Waals surface area contributed by atoms with E-state index in [0.29, 0.717) is 0 Å². The minimum absolute atomic E-state index is 0.198. The molecule has 0 aromatic rings. The number of nitrogens with zero attached hydrogens (tertiary/aromatic N) is 1. The molecule has 0 aromatic carbocycles. The lowest BCUT2D eigenvalue weighted by atomic mass is 9.96. The smallest absolute Gasteiger partial charge is 0.248 e. The largest absolute Gasteiger partial charge is 0.394 e. The van der Waals surface area contributed by atoms with Gasteiger partial charge >= 0.3 is 0 Å². The van der Waals surface area contributed by atoms with E-state index in [9.17, 15) is 15.0 Å². The third-order valence-electron chi connectivity index (χ3n) is 5.21. The zero-order valence-corrected chi connectivity index (χ0v) is 13.0. The number of hydrogen-bond acceptors (Lipinski definition) is 7. The molecule has 8 nitrogen and oxygen atoms in total. The molecule has 1 amide bonds. The van der Waals surface area contributed by atoms with Crippen molar-refractivity contribution in [2.75, 3.05) is 6.61 Å². The fraction of sp³-hybridized carbons (Fsp3) is 0.800. The van der Waals surface area contributed by atoms with Crippen molar-refractivity contribution < 1.29 is 29.2 Å². The summed E-state index contributed by atoms with van der Waals surface area (Å²) in [6, 6.07) is 0. The highest BCUT2D eigenvalue weighted by atomic mass is 16.8. The molecular formula is C15H22N2O6. The first kappa shape index (κ1) is 15.3. The summed E-state index contributed by atoms with van der Waals surface area (Å²) in [7, 11) is 0. The Balaban J connectivity index is 1.65. The monoisotopic (exact) mass is 326 g/mol. The van der Waals surface area contributed by atoms with Gasteiger partial charge in [-0.3, -0.25) is 4.79 Å². The van der Waals surface area contributed by atoms with Crippen molar-refractivity contribution in [2.45, 2.75) is 68.8 Å². The average Bonchev–Trinajstić information content (AvgIpc) is 3.13. The molecule has 128 valence electrons. The number of carbonyl (C=O) groups is 1. The van der Waals surface area contributed by atoms with Gasteiger partial charge in [0, 0.05) is 25.1 Å². The third-order valence-corrected chi connectivity index (χ3v) is 5.21. The lowest BCUT2D eigenvalue weighted by molar-refractivity contribution is -0.248. The molecule has 3 N–H and O–H groups in total. The molecule has 0 aromatic heterocycles. The number of rotatable bonds is 2. The first-order valence-electron chi connectivity index (χ1n) is 8.06. The van der Waals surface area contributed by atoms with E-state index in [1.807, 2.05) is 6.92 Å². The molecule has 5 atom stereocenters. The second-order valence-electron chi connectivity index (χ2n) is 6.80.